The van der Waals surface area contributed by atoms with Gasteiger partial charge in [0, 0.05) is 49.9 Å². The lowest BCUT2D eigenvalue weighted by Crippen LogP contribution is -2.16. The third-order valence-corrected chi connectivity index (χ3v) is 12.1. The average molecular weight is 807 g/mol. The van der Waals surface area contributed by atoms with Gasteiger partial charge in [-0.3, -0.25) is 0 Å². The van der Waals surface area contributed by atoms with E-state index in [1.807, 2.05) is 42.5 Å². The first kappa shape index (κ1) is 37.6. The number of fused-ring (bicyclic) bond motifs is 5. The molecule has 0 N–H and O–H groups in total. The van der Waals surface area contributed by atoms with Crippen LogP contribution in [-0.2, 0) is 0 Å². The van der Waals surface area contributed by atoms with Crippen LogP contribution in [0.2, 0.25) is 0 Å². The smallest absolute Gasteiger partial charge is 0.160 e. The van der Waals surface area contributed by atoms with Crippen molar-refractivity contribution >= 4 is 66.9 Å². The fourth-order valence-electron chi connectivity index (χ4n) is 9.22. The molecular formula is C59H42N4. The molecule has 10 aromatic rings. The van der Waals surface area contributed by atoms with E-state index in [4.69, 9.17) is 9.98 Å². The number of benzene rings is 9. The predicted octanol–water partition coefficient (Wildman–Crippen LogP) is 15.5. The number of allylic oxidation sites excluding steroid dienone is 2. The van der Waals surface area contributed by atoms with Gasteiger partial charge in [-0.25, -0.2) is 9.98 Å². The Morgan fingerprint density at radius 2 is 1.06 bits per heavy atom. The van der Waals surface area contributed by atoms with Crippen molar-refractivity contribution in [1.29, 1.82) is 0 Å². The molecule has 2 heterocycles. The summed E-state index contributed by atoms with van der Waals surface area (Å²) in [6.07, 6.45) is 3.74. The van der Waals surface area contributed by atoms with Crippen molar-refractivity contribution in [1.82, 2.24) is 4.57 Å². The molecule has 11 rings (SSSR count). The van der Waals surface area contributed by atoms with Crippen molar-refractivity contribution in [2.24, 2.45) is 9.98 Å². The van der Waals surface area contributed by atoms with Crippen molar-refractivity contribution in [2.45, 2.75) is 6.92 Å². The summed E-state index contributed by atoms with van der Waals surface area (Å²) >= 11 is 0. The molecule has 9 aromatic carbocycles. The lowest BCUT2D eigenvalue weighted by atomic mass is 9.86. The summed E-state index contributed by atoms with van der Waals surface area (Å²) in [5.41, 5.74) is 16.1. The SMILES string of the molecule is C=C/C=C(/N=C(\N=C(/C)c1ccccc1)c1ccc2c(c1)-c1cccc3c(-c4cccc(-n5c6ccccc6c6ccccc65)c4)ccc(c13)N2c1ccccc1)c1ccccc1. The minimum atomic E-state index is 0.621. The second-order valence-electron chi connectivity index (χ2n) is 15.8. The van der Waals surface area contributed by atoms with Gasteiger partial charge >= 0.3 is 0 Å². The van der Waals surface area contributed by atoms with Gasteiger partial charge in [-0.1, -0.05) is 164 Å². The largest absolute Gasteiger partial charge is 0.309 e. The minimum Gasteiger partial charge on any atom is -0.309 e. The molecule has 0 fully saturated rings. The summed E-state index contributed by atoms with van der Waals surface area (Å²) in [5, 5.41) is 4.89. The number of anilines is 3. The number of nitrogens with zero attached hydrogens (tertiary/aromatic N) is 4. The zero-order valence-electron chi connectivity index (χ0n) is 34.9. The van der Waals surface area contributed by atoms with Crippen LogP contribution in [-0.4, -0.2) is 16.1 Å². The maximum absolute atomic E-state index is 5.32. The van der Waals surface area contributed by atoms with Crippen LogP contribution < -0.4 is 4.90 Å². The first-order valence-electron chi connectivity index (χ1n) is 21.4. The third-order valence-electron chi connectivity index (χ3n) is 12.1. The second kappa shape index (κ2) is 15.9. The van der Waals surface area contributed by atoms with E-state index in [2.05, 4.69) is 199 Å². The Kier molecular flexibility index (Phi) is 9.52. The molecule has 0 unspecified atom stereocenters. The Labute approximate surface area is 367 Å². The quantitative estimate of drug-likeness (QED) is 0.0855. The second-order valence-corrected chi connectivity index (χ2v) is 15.8. The molecule has 298 valence electrons. The van der Waals surface area contributed by atoms with Gasteiger partial charge in [0.25, 0.3) is 0 Å². The molecule has 1 aliphatic heterocycles. The van der Waals surface area contributed by atoms with E-state index >= 15 is 0 Å². The zero-order chi connectivity index (χ0) is 42.3. The number of hydrogen-bond acceptors (Lipinski definition) is 2. The van der Waals surface area contributed by atoms with Gasteiger partial charge in [0.15, 0.2) is 5.84 Å². The molecule has 0 bridgehead atoms. The summed E-state index contributed by atoms with van der Waals surface area (Å²) < 4.78 is 2.39. The van der Waals surface area contributed by atoms with Crippen LogP contribution >= 0.6 is 0 Å². The number of amidine groups is 1. The van der Waals surface area contributed by atoms with Crippen molar-refractivity contribution in [3.05, 3.63) is 248 Å². The first-order chi connectivity index (χ1) is 31.1. The summed E-state index contributed by atoms with van der Waals surface area (Å²) in [6.45, 7) is 6.09. The number of aromatic nitrogens is 1. The monoisotopic (exact) mass is 806 g/mol. The molecule has 0 aliphatic carbocycles. The van der Waals surface area contributed by atoms with Gasteiger partial charge in [0.2, 0.25) is 0 Å². The molecule has 0 atom stereocenters. The molecular weight excluding hydrogens is 765 g/mol. The Morgan fingerprint density at radius 1 is 0.460 bits per heavy atom. The van der Waals surface area contributed by atoms with Crippen LogP contribution in [0.15, 0.2) is 241 Å². The maximum Gasteiger partial charge on any atom is 0.160 e. The number of aliphatic imine (C=N–C) groups is 2. The fraction of sp³-hybridized carbons (Fsp3) is 0.0169. The highest BCUT2D eigenvalue weighted by Crippen LogP contribution is 2.52. The Balaban J connectivity index is 1.12. The lowest BCUT2D eigenvalue weighted by molar-refractivity contribution is 1.18. The van der Waals surface area contributed by atoms with Crippen LogP contribution in [0.25, 0.3) is 66.2 Å². The summed E-state index contributed by atoms with van der Waals surface area (Å²) in [4.78, 5) is 13.0. The molecule has 0 amide bonds. The third kappa shape index (κ3) is 6.66. The maximum atomic E-state index is 5.32. The predicted molar refractivity (Wildman–Crippen MR) is 267 cm³/mol. The molecule has 0 saturated heterocycles. The van der Waals surface area contributed by atoms with Gasteiger partial charge < -0.3 is 9.47 Å². The van der Waals surface area contributed by atoms with E-state index in [0.717, 1.165) is 62.0 Å². The number of hydrogen-bond donors (Lipinski definition) is 0. The number of rotatable bonds is 8. The summed E-state index contributed by atoms with van der Waals surface area (Å²) in [6, 6.07) is 75.5. The highest BCUT2D eigenvalue weighted by Gasteiger charge is 2.28. The van der Waals surface area contributed by atoms with Crippen LogP contribution in [0.1, 0.15) is 23.6 Å². The lowest BCUT2D eigenvalue weighted by Gasteiger charge is -2.34. The van der Waals surface area contributed by atoms with E-state index in [1.165, 1.54) is 43.7 Å². The first-order valence-corrected chi connectivity index (χ1v) is 21.4. The van der Waals surface area contributed by atoms with Crippen LogP contribution in [0.3, 0.4) is 0 Å². The molecule has 63 heavy (non-hydrogen) atoms. The normalized spacial score (nSPS) is 12.8. The van der Waals surface area contributed by atoms with Gasteiger partial charge in [-0.15, -0.1) is 0 Å². The molecule has 1 aromatic heterocycles. The molecule has 1 aliphatic rings. The highest BCUT2D eigenvalue weighted by molar-refractivity contribution is 6.19. The topological polar surface area (TPSA) is 32.9 Å². The summed E-state index contributed by atoms with van der Waals surface area (Å²) in [7, 11) is 0. The van der Waals surface area contributed by atoms with Crippen LogP contribution in [0.4, 0.5) is 17.1 Å². The Hall–Kier alpha value is -8.34. The van der Waals surface area contributed by atoms with Crippen molar-refractivity contribution in [3.8, 4) is 27.9 Å². The van der Waals surface area contributed by atoms with E-state index in [-0.39, 0.29) is 0 Å². The molecule has 0 saturated carbocycles. The molecule has 4 nitrogen and oxygen atoms in total. The number of para-hydroxylation sites is 3. The van der Waals surface area contributed by atoms with Crippen LogP contribution in [0, 0.1) is 0 Å². The van der Waals surface area contributed by atoms with E-state index < -0.39 is 0 Å². The van der Waals surface area contributed by atoms with Crippen LogP contribution in [0.5, 0.6) is 0 Å². The van der Waals surface area contributed by atoms with E-state index in [1.54, 1.807) is 6.08 Å². The van der Waals surface area contributed by atoms with Crippen molar-refractivity contribution < 1.29 is 0 Å². The van der Waals surface area contributed by atoms with Gasteiger partial charge in [-0.05, 0) is 101 Å². The standard InChI is InChI=1S/C59H42N4/c1-3-19-53(42-22-9-5-10-23-42)61-59(60-40(2)41-20-7-4-8-21-41)44-34-36-56-52(39-44)51-31-18-30-50-47(35-37-57(58(50)51)62(56)45-25-11-6-12-26-45)43-24-17-27-46(38-43)63-54-32-15-13-28-48(54)49-29-14-16-33-55(49)63/h3-39H,1H2,2H3/b53-19+,60-40+,61-59-. The summed E-state index contributed by atoms with van der Waals surface area (Å²) in [5.74, 6) is 0.621. The molecule has 4 heteroatoms. The Morgan fingerprint density at radius 3 is 1.78 bits per heavy atom. The van der Waals surface area contributed by atoms with Gasteiger partial charge in [0.1, 0.15) is 0 Å². The van der Waals surface area contributed by atoms with E-state index in [9.17, 15) is 0 Å². The molecule has 0 spiro atoms. The van der Waals surface area contributed by atoms with E-state index in [0.29, 0.717) is 5.84 Å². The van der Waals surface area contributed by atoms with Crippen molar-refractivity contribution in [2.75, 3.05) is 4.90 Å². The van der Waals surface area contributed by atoms with Gasteiger partial charge in [-0.2, -0.15) is 0 Å². The average Bonchev–Trinajstić information content (AvgIpc) is 3.69. The highest BCUT2D eigenvalue weighted by atomic mass is 15.2. The minimum absolute atomic E-state index is 0.621. The van der Waals surface area contributed by atoms with Crippen molar-refractivity contribution in [3.63, 3.8) is 0 Å². The zero-order valence-corrected chi connectivity index (χ0v) is 34.9. The fourth-order valence-corrected chi connectivity index (χ4v) is 9.22. The Bertz CT molecular complexity index is 3410. The molecule has 0 radical (unpaired) electrons. The van der Waals surface area contributed by atoms with Gasteiger partial charge in [0.05, 0.1) is 28.1 Å².